The predicted octanol–water partition coefficient (Wildman–Crippen LogP) is 0.474. The Morgan fingerprint density at radius 3 is 2.76 bits per heavy atom. The van der Waals surface area contributed by atoms with E-state index in [4.69, 9.17) is 0 Å². The van der Waals surface area contributed by atoms with Gasteiger partial charge in [0.1, 0.15) is 6.04 Å². The number of aryl methyl sites for hydroxylation is 1. The van der Waals surface area contributed by atoms with Gasteiger partial charge in [-0.05, 0) is 42.2 Å². The molecule has 21 heavy (non-hydrogen) atoms. The van der Waals surface area contributed by atoms with Crippen LogP contribution in [0.1, 0.15) is 30.4 Å². The van der Waals surface area contributed by atoms with Crippen molar-refractivity contribution in [3.8, 4) is 0 Å². The second kappa shape index (κ2) is 5.09. The maximum atomic E-state index is 12.4. The van der Waals surface area contributed by atoms with Crippen LogP contribution in [0.4, 0.5) is 0 Å². The standard InChI is InChI=1S/C16H22N4O/c21-15(14-11-17-19-18-14)20-9-7-16(8-10-20)6-5-12-3-1-2-4-13(12)16/h1-4,14,17-19H,5-11H2. The summed E-state index contributed by atoms with van der Waals surface area (Å²) in [5, 5.41) is 0. The largest absolute Gasteiger partial charge is 0.341 e. The number of carbonyl (C=O) groups excluding carboxylic acids is 1. The van der Waals surface area contributed by atoms with E-state index < -0.39 is 0 Å². The average Bonchev–Trinajstić information content (AvgIpc) is 3.17. The van der Waals surface area contributed by atoms with Gasteiger partial charge < -0.3 is 4.90 Å². The van der Waals surface area contributed by atoms with Crippen molar-refractivity contribution in [3.05, 3.63) is 35.4 Å². The summed E-state index contributed by atoms with van der Waals surface area (Å²) >= 11 is 0. The number of hydrogen-bond donors (Lipinski definition) is 3. The Hall–Kier alpha value is -1.43. The predicted molar refractivity (Wildman–Crippen MR) is 80.3 cm³/mol. The van der Waals surface area contributed by atoms with Crippen LogP contribution in [-0.2, 0) is 16.6 Å². The van der Waals surface area contributed by atoms with Crippen LogP contribution in [0.5, 0.6) is 0 Å². The summed E-state index contributed by atoms with van der Waals surface area (Å²) in [5.74, 6) is 0.216. The van der Waals surface area contributed by atoms with Crippen molar-refractivity contribution in [3.63, 3.8) is 0 Å². The molecule has 2 fully saturated rings. The molecular formula is C16H22N4O. The molecule has 5 nitrogen and oxygen atoms in total. The number of benzene rings is 1. The Morgan fingerprint density at radius 2 is 2.00 bits per heavy atom. The molecule has 2 aliphatic heterocycles. The van der Waals surface area contributed by atoms with Crippen LogP contribution in [0, 0.1) is 0 Å². The molecule has 1 atom stereocenters. The third-order valence-corrected chi connectivity index (χ3v) is 5.43. The second-order valence-electron chi connectivity index (χ2n) is 6.47. The first-order valence-corrected chi connectivity index (χ1v) is 7.89. The van der Waals surface area contributed by atoms with Crippen LogP contribution >= 0.6 is 0 Å². The maximum absolute atomic E-state index is 12.4. The van der Waals surface area contributed by atoms with Gasteiger partial charge in [0.25, 0.3) is 0 Å². The normalized spacial score (nSPS) is 27.0. The number of nitrogens with zero attached hydrogens (tertiary/aromatic N) is 1. The monoisotopic (exact) mass is 286 g/mol. The molecule has 0 saturated carbocycles. The molecule has 1 aromatic carbocycles. The van der Waals surface area contributed by atoms with Gasteiger partial charge in [-0.15, -0.1) is 0 Å². The van der Waals surface area contributed by atoms with Crippen molar-refractivity contribution in [1.82, 2.24) is 21.3 Å². The highest BCUT2D eigenvalue weighted by molar-refractivity contribution is 5.82. The molecule has 0 bridgehead atoms. The molecule has 3 aliphatic rings. The van der Waals surface area contributed by atoms with E-state index in [1.165, 1.54) is 18.4 Å². The Kier molecular flexibility index (Phi) is 3.21. The Balaban J connectivity index is 1.46. The van der Waals surface area contributed by atoms with Crippen LogP contribution in [-0.4, -0.2) is 36.5 Å². The summed E-state index contributed by atoms with van der Waals surface area (Å²) in [4.78, 5) is 14.5. The van der Waals surface area contributed by atoms with Crippen LogP contribution in [0.25, 0.3) is 0 Å². The molecular weight excluding hydrogens is 264 g/mol. The zero-order chi connectivity index (χ0) is 14.3. The van der Waals surface area contributed by atoms with Crippen molar-refractivity contribution in [2.45, 2.75) is 37.1 Å². The number of hydrazine groups is 2. The average molecular weight is 286 g/mol. The number of nitrogens with one attached hydrogen (secondary N) is 3. The number of likely N-dealkylation sites (tertiary alicyclic amines) is 1. The Bertz CT molecular complexity index is 545. The van der Waals surface area contributed by atoms with E-state index in [9.17, 15) is 4.79 Å². The highest BCUT2D eigenvalue weighted by Crippen LogP contribution is 2.46. The Labute approximate surface area is 125 Å². The molecule has 0 aromatic heterocycles. The van der Waals surface area contributed by atoms with Crippen molar-refractivity contribution < 1.29 is 4.79 Å². The van der Waals surface area contributed by atoms with Crippen LogP contribution in [0.2, 0.25) is 0 Å². The summed E-state index contributed by atoms with van der Waals surface area (Å²) < 4.78 is 0. The lowest BCUT2D eigenvalue weighted by Gasteiger charge is -2.40. The summed E-state index contributed by atoms with van der Waals surface area (Å²) in [5.41, 5.74) is 12.1. The minimum Gasteiger partial charge on any atom is -0.341 e. The highest BCUT2D eigenvalue weighted by Gasteiger charge is 2.42. The first-order chi connectivity index (χ1) is 10.3. The minimum atomic E-state index is -0.130. The van der Waals surface area contributed by atoms with Gasteiger partial charge in [0.15, 0.2) is 0 Å². The fourth-order valence-corrected chi connectivity index (χ4v) is 4.15. The molecule has 1 unspecified atom stereocenters. The van der Waals surface area contributed by atoms with Crippen molar-refractivity contribution in [1.29, 1.82) is 0 Å². The van der Waals surface area contributed by atoms with Crippen LogP contribution in [0.3, 0.4) is 0 Å². The third-order valence-electron chi connectivity index (χ3n) is 5.43. The fourth-order valence-electron chi connectivity index (χ4n) is 4.15. The molecule has 1 spiro atoms. The molecule has 2 heterocycles. The summed E-state index contributed by atoms with van der Waals surface area (Å²) in [6.45, 7) is 2.42. The lowest BCUT2D eigenvalue weighted by molar-refractivity contribution is -0.134. The van der Waals surface area contributed by atoms with Gasteiger partial charge in [-0.1, -0.05) is 24.3 Å². The van der Waals surface area contributed by atoms with Crippen LogP contribution < -0.4 is 16.4 Å². The van der Waals surface area contributed by atoms with Gasteiger partial charge in [0.2, 0.25) is 5.91 Å². The van der Waals surface area contributed by atoms with Crippen molar-refractivity contribution in [2.75, 3.05) is 19.6 Å². The summed E-state index contributed by atoms with van der Waals surface area (Å²) in [6.07, 6.45) is 4.65. The zero-order valence-corrected chi connectivity index (χ0v) is 12.2. The smallest absolute Gasteiger partial charge is 0.242 e. The number of carbonyl (C=O) groups is 1. The van der Waals surface area contributed by atoms with Crippen molar-refractivity contribution in [2.24, 2.45) is 0 Å². The minimum absolute atomic E-state index is 0.130. The molecule has 1 aromatic rings. The topological polar surface area (TPSA) is 56.4 Å². The zero-order valence-electron chi connectivity index (χ0n) is 12.2. The summed E-state index contributed by atoms with van der Waals surface area (Å²) in [6, 6.07) is 8.73. The molecule has 112 valence electrons. The molecule has 1 aliphatic carbocycles. The lowest BCUT2D eigenvalue weighted by Crippen LogP contribution is -2.51. The van der Waals surface area contributed by atoms with E-state index in [1.807, 2.05) is 4.90 Å². The van der Waals surface area contributed by atoms with E-state index in [0.29, 0.717) is 12.0 Å². The molecule has 4 rings (SSSR count). The third kappa shape index (κ3) is 2.16. The SMILES string of the molecule is O=C(C1CNNN1)N1CCC2(CCc3ccccc32)CC1. The van der Waals surface area contributed by atoms with E-state index in [1.54, 1.807) is 5.56 Å². The molecule has 0 radical (unpaired) electrons. The van der Waals surface area contributed by atoms with Crippen LogP contribution in [0.15, 0.2) is 24.3 Å². The van der Waals surface area contributed by atoms with Gasteiger partial charge in [0, 0.05) is 19.6 Å². The number of hydrogen-bond acceptors (Lipinski definition) is 4. The molecule has 5 heteroatoms. The van der Waals surface area contributed by atoms with E-state index >= 15 is 0 Å². The van der Waals surface area contributed by atoms with E-state index in [0.717, 1.165) is 25.9 Å². The number of amides is 1. The fraction of sp³-hybridized carbons (Fsp3) is 0.562. The second-order valence-corrected chi connectivity index (χ2v) is 6.47. The van der Waals surface area contributed by atoms with Crippen molar-refractivity contribution >= 4 is 5.91 Å². The Morgan fingerprint density at radius 1 is 1.19 bits per heavy atom. The van der Waals surface area contributed by atoms with Gasteiger partial charge in [0.05, 0.1) is 0 Å². The number of rotatable bonds is 1. The quantitative estimate of drug-likeness (QED) is 0.703. The maximum Gasteiger partial charge on any atom is 0.242 e. The number of fused-ring (bicyclic) bond motifs is 2. The molecule has 3 N–H and O–H groups in total. The van der Waals surface area contributed by atoms with Gasteiger partial charge in [-0.3, -0.25) is 4.79 Å². The van der Waals surface area contributed by atoms with Gasteiger partial charge >= 0.3 is 0 Å². The lowest BCUT2D eigenvalue weighted by atomic mass is 9.74. The first kappa shape index (κ1) is 13.2. The molecule has 1 amide bonds. The van der Waals surface area contributed by atoms with Gasteiger partial charge in [-0.2, -0.15) is 5.53 Å². The summed E-state index contributed by atoms with van der Waals surface area (Å²) in [7, 11) is 0. The first-order valence-electron chi connectivity index (χ1n) is 7.89. The number of piperidine rings is 1. The van der Waals surface area contributed by atoms with Gasteiger partial charge in [-0.25, -0.2) is 10.9 Å². The highest BCUT2D eigenvalue weighted by atomic mass is 16.2. The molecule has 2 saturated heterocycles. The van der Waals surface area contributed by atoms with E-state index in [-0.39, 0.29) is 11.9 Å². The van der Waals surface area contributed by atoms with E-state index in [2.05, 4.69) is 40.7 Å².